The van der Waals surface area contributed by atoms with Crippen molar-refractivity contribution in [2.45, 2.75) is 26.3 Å². The van der Waals surface area contributed by atoms with Gasteiger partial charge in [0.1, 0.15) is 5.54 Å². The lowest BCUT2D eigenvalue weighted by Crippen LogP contribution is -2.50. The van der Waals surface area contributed by atoms with E-state index >= 15 is 0 Å². The highest BCUT2D eigenvalue weighted by Gasteiger charge is 2.31. The minimum absolute atomic E-state index is 0.279. The first kappa shape index (κ1) is 14.9. The zero-order chi connectivity index (χ0) is 13.9. The van der Waals surface area contributed by atoms with Crippen molar-refractivity contribution >= 4 is 34.5 Å². The number of ether oxygens (including phenoxy) is 1. The van der Waals surface area contributed by atoms with Gasteiger partial charge in [-0.25, -0.2) is 4.79 Å². The van der Waals surface area contributed by atoms with E-state index in [1.807, 2.05) is 19.1 Å². The predicted octanol–water partition coefficient (Wildman–Crippen LogP) is 2.28. The van der Waals surface area contributed by atoms with Crippen molar-refractivity contribution in [1.82, 2.24) is 5.32 Å². The number of halogens is 1. The number of rotatable bonds is 3. The molecule has 0 bridgehead atoms. The Morgan fingerprint density at radius 1 is 1.33 bits per heavy atom. The lowest BCUT2D eigenvalue weighted by molar-refractivity contribution is -0.146. The molecule has 1 aromatic rings. The van der Waals surface area contributed by atoms with Crippen LogP contribution in [0.2, 0.25) is 0 Å². The Morgan fingerprint density at radius 3 is 2.50 bits per heavy atom. The van der Waals surface area contributed by atoms with Gasteiger partial charge in [0.05, 0.1) is 12.7 Å². The average Bonchev–Trinajstić information content (AvgIpc) is 2.30. The normalized spacial score (nSPS) is 10.9. The van der Waals surface area contributed by atoms with Crippen molar-refractivity contribution < 1.29 is 14.3 Å². The Labute approximate surface area is 120 Å². The van der Waals surface area contributed by atoms with Crippen molar-refractivity contribution in [2.24, 2.45) is 0 Å². The summed E-state index contributed by atoms with van der Waals surface area (Å²) in [5, 5.41) is 2.67. The highest BCUT2D eigenvalue weighted by molar-refractivity contribution is 14.1. The molecule has 0 unspecified atom stereocenters. The van der Waals surface area contributed by atoms with E-state index in [9.17, 15) is 9.59 Å². The van der Waals surface area contributed by atoms with Gasteiger partial charge in [-0.2, -0.15) is 0 Å². The highest BCUT2D eigenvalue weighted by atomic mass is 127. The summed E-state index contributed by atoms with van der Waals surface area (Å²) in [4.78, 5) is 23.6. The third kappa shape index (κ3) is 3.22. The molecular formula is C13H16INO3. The Morgan fingerprint density at radius 2 is 1.94 bits per heavy atom. The van der Waals surface area contributed by atoms with Crippen LogP contribution in [0.3, 0.4) is 0 Å². The van der Waals surface area contributed by atoms with Crippen LogP contribution in [0.25, 0.3) is 0 Å². The number of benzene rings is 1. The smallest absolute Gasteiger partial charge is 0.330 e. The minimum Gasteiger partial charge on any atom is -0.467 e. The number of hydrogen-bond donors (Lipinski definition) is 1. The first-order chi connectivity index (χ1) is 8.29. The van der Waals surface area contributed by atoms with E-state index < -0.39 is 11.5 Å². The minimum atomic E-state index is -1.04. The molecule has 0 aliphatic carbocycles. The average molecular weight is 361 g/mol. The Kier molecular flexibility index (Phi) is 4.72. The molecule has 0 radical (unpaired) electrons. The summed E-state index contributed by atoms with van der Waals surface area (Å²) in [5.74, 6) is -0.753. The first-order valence-corrected chi connectivity index (χ1v) is 6.53. The number of methoxy groups -OCH3 is 1. The van der Waals surface area contributed by atoms with Crippen molar-refractivity contribution in [3.8, 4) is 0 Å². The molecule has 18 heavy (non-hydrogen) atoms. The molecule has 1 N–H and O–H groups in total. The van der Waals surface area contributed by atoms with Gasteiger partial charge in [-0.15, -0.1) is 0 Å². The maximum absolute atomic E-state index is 12.1. The molecular weight excluding hydrogens is 345 g/mol. The van der Waals surface area contributed by atoms with Crippen LogP contribution in [0.5, 0.6) is 0 Å². The first-order valence-electron chi connectivity index (χ1n) is 5.45. The van der Waals surface area contributed by atoms with Crippen LogP contribution >= 0.6 is 22.6 Å². The molecule has 0 atom stereocenters. The Hall–Kier alpha value is -1.11. The maximum Gasteiger partial charge on any atom is 0.330 e. The van der Waals surface area contributed by atoms with Gasteiger partial charge in [0.15, 0.2) is 0 Å². The summed E-state index contributed by atoms with van der Waals surface area (Å²) >= 11 is 2.12. The summed E-state index contributed by atoms with van der Waals surface area (Å²) in [6, 6.07) is 5.49. The van der Waals surface area contributed by atoms with Gasteiger partial charge in [-0.3, -0.25) is 4.79 Å². The van der Waals surface area contributed by atoms with Gasteiger partial charge in [-0.05, 0) is 55.0 Å². The molecule has 0 fully saturated rings. The molecule has 98 valence electrons. The molecule has 4 nitrogen and oxygen atoms in total. The van der Waals surface area contributed by atoms with Crippen LogP contribution < -0.4 is 5.32 Å². The molecule has 0 aliphatic heterocycles. The monoisotopic (exact) mass is 361 g/mol. The number of esters is 1. The lowest BCUT2D eigenvalue weighted by Gasteiger charge is -2.23. The number of carbonyl (C=O) groups excluding carboxylic acids is 2. The number of nitrogens with one attached hydrogen (secondary N) is 1. The summed E-state index contributed by atoms with van der Waals surface area (Å²) in [5.41, 5.74) is 0.547. The fourth-order valence-corrected chi connectivity index (χ4v) is 2.08. The van der Waals surface area contributed by atoms with Crippen molar-refractivity contribution in [1.29, 1.82) is 0 Å². The standard InChI is InChI=1S/C13H16INO3/c1-8-6-5-7-9(10(8)14)11(16)15-13(2,3)12(17)18-4/h5-7H,1-4H3,(H,15,16). The van der Waals surface area contributed by atoms with Gasteiger partial charge in [0.2, 0.25) is 0 Å². The van der Waals surface area contributed by atoms with Crippen LogP contribution in [0.4, 0.5) is 0 Å². The van der Waals surface area contributed by atoms with E-state index in [0.29, 0.717) is 5.56 Å². The summed E-state index contributed by atoms with van der Waals surface area (Å²) in [7, 11) is 1.30. The zero-order valence-electron chi connectivity index (χ0n) is 10.8. The molecule has 5 heteroatoms. The molecule has 1 rings (SSSR count). The third-order valence-electron chi connectivity index (χ3n) is 2.56. The maximum atomic E-state index is 12.1. The fraction of sp³-hybridized carbons (Fsp3) is 0.385. The second-order valence-electron chi connectivity index (χ2n) is 4.51. The second kappa shape index (κ2) is 5.69. The van der Waals surface area contributed by atoms with Crippen LogP contribution in [0.1, 0.15) is 29.8 Å². The van der Waals surface area contributed by atoms with Gasteiger partial charge in [0, 0.05) is 3.57 Å². The topological polar surface area (TPSA) is 55.4 Å². The number of carbonyl (C=O) groups is 2. The van der Waals surface area contributed by atoms with Gasteiger partial charge >= 0.3 is 5.97 Å². The number of aryl methyl sites for hydroxylation is 1. The van der Waals surface area contributed by atoms with E-state index in [-0.39, 0.29) is 5.91 Å². The summed E-state index contributed by atoms with van der Waals surface area (Å²) in [6.45, 7) is 5.16. The molecule has 0 heterocycles. The molecule has 0 aliphatic rings. The molecule has 1 aromatic carbocycles. The van der Waals surface area contributed by atoms with Crippen LogP contribution in [-0.2, 0) is 9.53 Å². The quantitative estimate of drug-likeness (QED) is 0.664. The Balaban J connectivity index is 2.96. The van der Waals surface area contributed by atoms with E-state index in [1.165, 1.54) is 7.11 Å². The molecule has 0 saturated carbocycles. The van der Waals surface area contributed by atoms with Crippen LogP contribution in [0, 0.1) is 10.5 Å². The van der Waals surface area contributed by atoms with Crippen molar-refractivity contribution in [2.75, 3.05) is 7.11 Å². The van der Waals surface area contributed by atoms with Crippen LogP contribution in [-0.4, -0.2) is 24.5 Å². The zero-order valence-corrected chi connectivity index (χ0v) is 13.0. The third-order valence-corrected chi connectivity index (χ3v) is 3.99. The fourth-order valence-electron chi connectivity index (χ4n) is 1.48. The molecule has 0 aromatic heterocycles. The number of amides is 1. The van der Waals surface area contributed by atoms with Crippen molar-refractivity contribution in [3.63, 3.8) is 0 Å². The van der Waals surface area contributed by atoms with Crippen LogP contribution in [0.15, 0.2) is 18.2 Å². The van der Waals surface area contributed by atoms with E-state index in [4.69, 9.17) is 0 Å². The molecule has 0 saturated heterocycles. The van der Waals surface area contributed by atoms with Crippen molar-refractivity contribution in [3.05, 3.63) is 32.9 Å². The number of hydrogen-bond acceptors (Lipinski definition) is 3. The SMILES string of the molecule is COC(=O)C(C)(C)NC(=O)c1cccc(C)c1I. The lowest BCUT2D eigenvalue weighted by atomic mass is 10.0. The molecule has 1 amide bonds. The largest absolute Gasteiger partial charge is 0.467 e. The summed E-state index contributed by atoms with van der Waals surface area (Å²) in [6.07, 6.45) is 0. The van der Waals surface area contributed by atoms with E-state index in [1.54, 1.807) is 19.9 Å². The second-order valence-corrected chi connectivity index (χ2v) is 5.59. The highest BCUT2D eigenvalue weighted by Crippen LogP contribution is 2.17. The van der Waals surface area contributed by atoms with Gasteiger partial charge in [0.25, 0.3) is 5.91 Å². The van der Waals surface area contributed by atoms with E-state index in [2.05, 4.69) is 32.6 Å². The predicted molar refractivity (Wildman–Crippen MR) is 77.5 cm³/mol. The Bertz CT molecular complexity index is 483. The van der Waals surface area contributed by atoms with E-state index in [0.717, 1.165) is 9.13 Å². The van der Waals surface area contributed by atoms with Gasteiger partial charge in [-0.1, -0.05) is 12.1 Å². The van der Waals surface area contributed by atoms with Gasteiger partial charge < -0.3 is 10.1 Å². The summed E-state index contributed by atoms with van der Waals surface area (Å²) < 4.78 is 5.53. The molecule has 0 spiro atoms.